The predicted octanol–water partition coefficient (Wildman–Crippen LogP) is 4.32. The molecule has 1 aromatic carbocycles. The second kappa shape index (κ2) is 4.94. The largest absolute Gasteiger partial charge is 0.458 e. The lowest BCUT2D eigenvalue weighted by Crippen LogP contribution is -2.02. The molecule has 0 spiro atoms. The van der Waals surface area contributed by atoms with Crippen LogP contribution in [0, 0.1) is 6.92 Å². The van der Waals surface area contributed by atoms with E-state index >= 15 is 0 Å². The van der Waals surface area contributed by atoms with Crippen LogP contribution in [0.1, 0.15) is 21.9 Å². The van der Waals surface area contributed by atoms with Gasteiger partial charge in [0.2, 0.25) is 5.78 Å². The Morgan fingerprint density at radius 2 is 2.00 bits per heavy atom. The van der Waals surface area contributed by atoms with E-state index in [0.717, 1.165) is 0 Å². The molecule has 2 nitrogen and oxygen atoms in total. The van der Waals surface area contributed by atoms with Crippen molar-refractivity contribution in [2.45, 2.75) is 13.3 Å². The first kappa shape index (κ1) is 12.2. The van der Waals surface area contributed by atoms with Gasteiger partial charge in [0, 0.05) is 6.42 Å². The van der Waals surface area contributed by atoms with Crippen LogP contribution in [0.5, 0.6) is 0 Å². The number of benzene rings is 1. The van der Waals surface area contributed by atoms with Gasteiger partial charge in [0.05, 0.1) is 10.0 Å². The van der Waals surface area contributed by atoms with Crippen LogP contribution in [0.4, 0.5) is 0 Å². The predicted molar refractivity (Wildman–Crippen MR) is 67.9 cm³/mol. The quantitative estimate of drug-likeness (QED) is 0.777. The minimum Gasteiger partial charge on any atom is -0.458 e. The maximum Gasteiger partial charge on any atom is 0.202 e. The summed E-state index contributed by atoms with van der Waals surface area (Å²) in [6.45, 7) is 1.79. The van der Waals surface area contributed by atoms with Gasteiger partial charge in [-0.2, -0.15) is 0 Å². The molecule has 0 aliphatic rings. The second-order valence-corrected chi connectivity index (χ2v) is 4.51. The second-order valence-electron chi connectivity index (χ2n) is 3.72. The number of carbonyl (C=O) groups excluding carboxylic acids is 1. The Morgan fingerprint density at radius 3 is 2.65 bits per heavy atom. The molecule has 4 heteroatoms. The number of furan rings is 1. The number of halogens is 2. The Bertz CT molecular complexity index is 558. The van der Waals surface area contributed by atoms with Crippen LogP contribution in [-0.4, -0.2) is 5.78 Å². The fourth-order valence-corrected chi connectivity index (χ4v) is 1.92. The third-order valence-corrected chi connectivity index (χ3v) is 3.26. The van der Waals surface area contributed by atoms with Crippen molar-refractivity contribution in [2.24, 2.45) is 0 Å². The van der Waals surface area contributed by atoms with Crippen molar-refractivity contribution >= 4 is 29.0 Å². The molecule has 88 valence electrons. The van der Waals surface area contributed by atoms with E-state index in [2.05, 4.69) is 0 Å². The van der Waals surface area contributed by atoms with Crippen molar-refractivity contribution in [3.63, 3.8) is 0 Å². The number of carbonyl (C=O) groups is 1. The topological polar surface area (TPSA) is 30.2 Å². The Hall–Kier alpha value is -1.25. The Balaban J connectivity index is 2.21. The van der Waals surface area contributed by atoms with E-state index in [-0.39, 0.29) is 12.2 Å². The number of Topliss-reactive ketones (excluding diaryl/α,β-unsaturated/α-hetero) is 1. The van der Waals surface area contributed by atoms with Gasteiger partial charge in [-0.25, -0.2) is 0 Å². The molecule has 2 aromatic rings. The SMILES string of the molecule is Cc1ccc(C(=O)Cc2cccc(Cl)c2Cl)o1. The first-order valence-electron chi connectivity index (χ1n) is 5.10. The summed E-state index contributed by atoms with van der Waals surface area (Å²) < 4.78 is 5.26. The molecule has 0 unspecified atom stereocenters. The van der Waals surface area contributed by atoms with E-state index in [9.17, 15) is 4.79 Å². The number of ketones is 1. The molecule has 0 aliphatic heterocycles. The monoisotopic (exact) mass is 268 g/mol. The summed E-state index contributed by atoms with van der Waals surface area (Å²) in [7, 11) is 0. The lowest BCUT2D eigenvalue weighted by molar-refractivity contribution is 0.0965. The van der Waals surface area contributed by atoms with Gasteiger partial charge in [-0.05, 0) is 30.7 Å². The molecule has 0 radical (unpaired) electrons. The highest BCUT2D eigenvalue weighted by atomic mass is 35.5. The molecule has 1 aromatic heterocycles. The minimum absolute atomic E-state index is 0.109. The van der Waals surface area contributed by atoms with Crippen LogP contribution >= 0.6 is 23.2 Å². The summed E-state index contributed by atoms with van der Waals surface area (Å²) in [6, 6.07) is 8.66. The first-order valence-corrected chi connectivity index (χ1v) is 5.86. The van der Waals surface area contributed by atoms with Crippen LogP contribution in [0.2, 0.25) is 10.0 Å². The van der Waals surface area contributed by atoms with Crippen molar-refractivity contribution in [3.05, 3.63) is 57.5 Å². The van der Waals surface area contributed by atoms with E-state index < -0.39 is 0 Å². The molecular weight excluding hydrogens is 259 g/mol. The number of hydrogen-bond donors (Lipinski definition) is 0. The van der Waals surface area contributed by atoms with Crippen molar-refractivity contribution in [3.8, 4) is 0 Å². The maximum atomic E-state index is 11.9. The molecule has 2 rings (SSSR count). The molecule has 0 amide bonds. The lowest BCUT2D eigenvalue weighted by Gasteiger charge is -2.03. The zero-order valence-electron chi connectivity index (χ0n) is 9.17. The standard InChI is InChI=1S/C13H10Cl2O2/c1-8-5-6-12(17-8)11(16)7-9-3-2-4-10(14)13(9)15/h2-6H,7H2,1H3. The number of hydrogen-bond acceptors (Lipinski definition) is 2. The fraction of sp³-hybridized carbons (Fsp3) is 0.154. The van der Waals surface area contributed by atoms with Gasteiger partial charge >= 0.3 is 0 Å². The molecule has 0 N–H and O–H groups in total. The smallest absolute Gasteiger partial charge is 0.202 e. The molecule has 0 atom stereocenters. The Labute approximate surface area is 109 Å². The first-order chi connectivity index (χ1) is 8.08. The number of aryl methyl sites for hydroxylation is 1. The van der Waals surface area contributed by atoms with Crippen LogP contribution in [0.15, 0.2) is 34.7 Å². The van der Waals surface area contributed by atoms with Crippen LogP contribution < -0.4 is 0 Å². The van der Waals surface area contributed by atoms with E-state index in [1.54, 1.807) is 37.3 Å². The van der Waals surface area contributed by atoms with Gasteiger partial charge in [-0.15, -0.1) is 0 Å². The zero-order chi connectivity index (χ0) is 12.4. The van der Waals surface area contributed by atoms with Crippen molar-refractivity contribution in [1.82, 2.24) is 0 Å². The van der Waals surface area contributed by atoms with Gasteiger partial charge in [0.15, 0.2) is 5.76 Å². The zero-order valence-corrected chi connectivity index (χ0v) is 10.7. The van der Waals surface area contributed by atoms with E-state index in [1.807, 2.05) is 0 Å². The molecule has 0 saturated heterocycles. The van der Waals surface area contributed by atoms with E-state index in [4.69, 9.17) is 27.6 Å². The Kier molecular flexibility index (Phi) is 3.55. The van der Waals surface area contributed by atoms with Crippen molar-refractivity contribution < 1.29 is 9.21 Å². The molecule has 0 bridgehead atoms. The molecule has 0 fully saturated rings. The summed E-state index contributed by atoms with van der Waals surface area (Å²) in [6.07, 6.45) is 0.187. The van der Waals surface area contributed by atoms with Crippen molar-refractivity contribution in [2.75, 3.05) is 0 Å². The molecule has 0 saturated carbocycles. The highest BCUT2D eigenvalue weighted by Crippen LogP contribution is 2.26. The average Bonchev–Trinajstić information content (AvgIpc) is 2.72. The van der Waals surface area contributed by atoms with E-state index in [0.29, 0.717) is 27.1 Å². The van der Waals surface area contributed by atoms with Crippen LogP contribution in [-0.2, 0) is 6.42 Å². The lowest BCUT2D eigenvalue weighted by atomic mass is 10.1. The van der Waals surface area contributed by atoms with Gasteiger partial charge in [0.1, 0.15) is 5.76 Å². The summed E-state index contributed by atoms with van der Waals surface area (Å²) in [5.74, 6) is 0.950. The third kappa shape index (κ3) is 2.71. The van der Waals surface area contributed by atoms with Gasteiger partial charge in [0.25, 0.3) is 0 Å². The third-order valence-electron chi connectivity index (χ3n) is 2.40. The van der Waals surface area contributed by atoms with Gasteiger partial charge in [-0.3, -0.25) is 4.79 Å². The van der Waals surface area contributed by atoms with Gasteiger partial charge < -0.3 is 4.42 Å². The number of rotatable bonds is 3. The summed E-state index contributed by atoms with van der Waals surface area (Å²) in [5.41, 5.74) is 0.707. The van der Waals surface area contributed by atoms with E-state index in [1.165, 1.54) is 0 Å². The average molecular weight is 269 g/mol. The highest BCUT2D eigenvalue weighted by Gasteiger charge is 2.13. The molecule has 1 heterocycles. The summed E-state index contributed by atoms with van der Waals surface area (Å²) in [5, 5.41) is 0.874. The van der Waals surface area contributed by atoms with Crippen molar-refractivity contribution in [1.29, 1.82) is 0 Å². The van der Waals surface area contributed by atoms with Crippen LogP contribution in [0.3, 0.4) is 0 Å². The molecule has 17 heavy (non-hydrogen) atoms. The Morgan fingerprint density at radius 1 is 1.24 bits per heavy atom. The maximum absolute atomic E-state index is 11.9. The fourth-order valence-electron chi connectivity index (χ4n) is 1.53. The van der Waals surface area contributed by atoms with Crippen LogP contribution in [0.25, 0.3) is 0 Å². The molecular formula is C13H10Cl2O2. The summed E-state index contributed by atoms with van der Waals surface area (Å²) in [4.78, 5) is 11.9. The normalized spacial score (nSPS) is 10.5. The minimum atomic E-state index is -0.109. The summed E-state index contributed by atoms with van der Waals surface area (Å²) >= 11 is 11.9. The molecule has 0 aliphatic carbocycles. The highest BCUT2D eigenvalue weighted by molar-refractivity contribution is 6.42. The van der Waals surface area contributed by atoms with Gasteiger partial charge in [-0.1, -0.05) is 35.3 Å².